The molecule has 0 saturated heterocycles. The molecule has 4 nitrogen and oxygen atoms in total. The molecule has 0 amide bonds. The number of aromatic nitrogens is 1. The number of hydrogen-bond donors (Lipinski definition) is 0. The van der Waals surface area contributed by atoms with E-state index in [1.165, 1.54) is 16.6 Å². The average Bonchev–Trinajstić information content (AvgIpc) is 2.38. The predicted octanol–water partition coefficient (Wildman–Crippen LogP) is 2.63. The Labute approximate surface area is 114 Å². The molecule has 6 heteroatoms. The topological polar surface area (TPSA) is 50.3 Å². The van der Waals surface area contributed by atoms with Gasteiger partial charge >= 0.3 is 0 Å². The molecule has 0 N–H and O–H groups in total. The van der Waals surface area contributed by atoms with Crippen LogP contribution in [0.2, 0.25) is 0 Å². The van der Waals surface area contributed by atoms with Gasteiger partial charge in [-0.3, -0.25) is 0 Å². The molecule has 1 atom stereocenters. The summed E-state index contributed by atoms with van der Waals surface area (Å²) in [4.78, 5) is 3.97. The van der Waals surface area contributed by atoms with Gasteiger partial charge in [-0.1, -0.05) is 19.4 Å². The summed E-state index contributed by atoms with van der Waals surface area (Å²) in [6.45, 7) is 3.93. The van der Waals surface area contributed by atoms with E-state index >= 15 is 0 Å². The zero-order valence-corrected chi connectivity index (χ0v) is 12.5. The Bertz CT molecular complexity index is 473. The first-order valence-corrected chi connectivity index (χ1v) is 7.89. The van der Waals surface area contributed by atoms with E-state index in [2.05, 4.69) is 4.98 Å². The molecule has 0 fully saturated rings. The van der Waals surface area contributed by atoms with Gasteiger partial charge in [0.25, 0.3) is 10.0 Å². The lowest BCUT2D eigenvalue weighted by molar-refractivity contribution is 0.367. The van der Waals surface area contributed by atoms with Crippen molar-refractivity contribution < 1.29 is 8.42 Å². The molecule has 0 aliphatic carbocycles. The molecule has 0 aliphatic rings. The zero-order valence-electron chi connectivity index (χ0n) is 10.9. The van der Waals surface area contributed by atoms with Crippen LogP contribution >= 0.6 is 11.6 Å². The van der Waals surface area contributed by atoms with Crippen LogP contribution in [0, 0.1) is 0 Å². The lowest BCUT2D eigenvalue weighted by atomic mass is 10.2. The van der Waals surface area contributed by atoms with E-state index in [9.17, 15) is 8.42 Å². The van der Waals surface area contributed by atoms with Crippen LogP contribution < -0.4 is 0 Å². The SMILES string of the molecule is CCCC(C)N(C)S(=O)(=O)c1ccc(CCl)cn1. The number of halogens is 1. The van der Waals surface area contributed by atoms with E-state index in [-0.39, 0.29) is 11.1 Å². The first-order valence-electron chi connectivity index (χ1n) is 5.92. The van der Waals surface area contributed by atoms with Crippen LogP contribution in [-0.2, 0) is 15.9 Å². The molecule has 0 spiro atoms. The minimum Gasteiger partial charge on any atom is -0.243 e. The van der Waals surface area contributed by atoms with Crippen molar-refractivity contribution in [2.24, 2.45) is 0 Å². The highest BCUT2D eigenvalue weighted by Crippen LogP contribution is 2.17. The highest BCUT2D eigenvalue weighted by Gasteiger charge is 2.25. The molecule has 0 aliphatic heterocycles. The van der Waals surface area contributed by atoms with Crippen molar-refractivity contribution >= 4 is 21.6 Å². The van der Waals surface area contributed by atoms with E-state index in [1.54, 1.807) is 13.1 Å². The first kappa shape index (κ1) is 15.4. The minimum absolute atomic E-state index is 0.0329. The monoisotopic (exact) mass is 290 g/mol. The number of hydrogen-bond acceptors (Lipinski definition) is 3. The van der Waals surface area contributed by atoms with Gasteiger partial charge in [0.05, 0.1) is 0 Å². The van der Waals surface area contributed by atoms with Crippen LogP contribution in [-0.4, -0.2) is 30.8 Å². The maximum absolute atomic E-state index is 12.3. The van der Waals surface area contributed by atoms with Crippen molar-refractivity contribution in [1.82, 2.24) is 9.29 Å². The molecule has 1 rings (SSSR count). The quantitative estimate of drug-likeness (QED) is 0.757. The number of nitrogens with zero attached hydrogens (tertiary/aromatic N) is 2. The second-order valence-electron chi connectivity index (χ2n) is 4.30. The largest absolute Gasteiger partial charge is 0.260 e. The van der Waals surface area contributed by atoms with Crippen LogP contribution in [0.15, 0.2) is 23.4 Å². The Morgan fingerprint density at radius 2 is 2.11 bits per heavy atom. The third-order valence-electron chi connectivity index (χ3n) is 2.92. The van der Waals surface area contributed by atoms with Gasteiger partial charge in [0, 0.05) is 25.2 Å². The summed E-state index contributed by atoms with van der Waals surface area (Å²) in [7, 11) is -1.92. The van der Waals surface area contributed by atoms with E-state index in [1.807, 2.05) is 13.8 Å². The van der Waals surface area contributed by atoms with Crippen LogP contribution in [0.3, 0.4) is 0 Å². The Kier molecular flexibility index (Phi) is 5.56. The third kappa shape index (κ3) is 3.43. The van der Waals surface area contributed by atoms with Crippen LogP contribution in [0.5, 0.6) is 0 Å². The predicted molar refractivity (Wildman–Crippen MR) is 73.1 cm³/mol. The van der Waals surface area contributed by atoms with Gasteiger partial charge in [0.15, 0.2) is 5.03 Å². The summed E-state index contributed by atoms with van der Waals surface area (Å²) in [6, 6.07) is 3.16. The highest BCUT2D eigenvalue weighted by molar-refractivity contribution is 7.89. The van der Waals surface area contributed by atoms with E-state index in [0.29, 0.717) is 5.88 Å². The van der Waals surface area contributed by atoms with Gasteiger partial charge in [-0.25, -0.2) is 13.4 Å². The fourth-order valence-electron chi connectivity index (χ4n) is 1.63. The Morgan fingerprint density at radius 1 is 1.44 bits per heavy atom. The molecule has 0 radical (unpaired) electrons. The van der Waals surface area contributed by atoms with Crippen LogP contribution in [0.1, 0.15) is 32.3 Å². The number of pyridine rings is 1. The van der Waals surface area contributed by atoms with E-state index in [0.717, 1.165) is 18.4 Å². The standard InChI is InChI=1S/C12H19ClN2O2S/c1-4-5-10(2)15(3)18(16,17)12-7-6-11(8-13)9-14-12/h6-7,9-10H,4-5,8H2,1-3H3. The van der Waals surface area contributed by atoms with Crippen LogP contribution in [0.4, 0.5) is 0 Å². The zero-order chi connectivity index (χ0) is 13.8. The van der Waals surface area contributed by atoms with Gasteiger partial charge in [-0.2, -0.15) is 4.31 Å². The fraction of sp³-hybridized carbons (Fsp3) is 0.583. The molecule has 1 aromatic rings. The molecule has 1 heterocycles. The molecule has 18 heavy (non-hydrogen) atoms. The van der Waals surface area contributed by atoms with Crippen LogP contribution in [0.25, 0.3) is 0 Å². The molecule has 0 aromatic carbocycles. The second kappa shape index (κ2) is 6.50. The van der Waals surface area contributed by atoms with E-state index in [4.69, 9.17) is 11.6 Å². The van der Waals surface area contributed by atoms with Crippen molar-refractivity contribution in [3.63, 3.8) is 0 Å². The summed E-state index contributed by atoms with van der Waals surface area (Å²) in [5.41, 5.74) is 0.805. The van der Waals surface area contributed by atoms with E-state index < -0.39 is 10.0 Å². The Balaban J connectivity index is 2.97. The van der Waals surface area contributed by atoms with Crippen molar-refractivity contribution in [2.75, 3.05) is 7.05 Å². The summed E-state index contributed by atoms with van der Waals surface area (Å²) in [5.74, 6) is 0.329. The number of sulfonamides is 1. The van der Waals surface area contributed by atoms with Gasteiger partial charge in [-0.15, -0.1) is 11.6 Å². The maximum Gasteiger partial charge on any atom is 0.260 e. The average molecular weight is 291 g/mol. The molecule has 0 saturated carbocycles. The number of rotatable bonds is 6. The summed E-state index contributed by atoms with van der Waals surface area (Å²) < 4.78 is 25.9. The van der Waals surface area contributed by atoms with Gasteiger partial charge in [-0.05, 0) is 25.0 Å². The smallest absolute Gasteiger partial charge is 0.243 e. The van der Waals surface area contributed by atoms with Gasteiger partial charge in [0.1, 0.15) is 0 Å². The molecular formula is C12H19ClN2O2S. The number of alkyl halides is 1. The normalized spacial score (nSPS) is 13.8. The Morgan fingerprint density at radius 3 is 2.56 bits per heavy atom. The lowest BCUT2D eigenvalue weighted by Gasteiger charge is -2.23. The maximum atomic E-state index is 12.3. The molecule has 1 aromatic heterocycles. The Hall–Kier alpha value is -0.650. The fourth-order valence-corrected chi connectivity index (χ4v) is 3.08. The van der Waals surface area contributed by atoms with Gasteiger partial charge in [0.2, 0.25) is 0 Å². The molecular weight excluding hydrogens is 272 g/mol. The molecule has 102 valence electrons. The van der Waals surface area contributed by atoms with Crippen molar-refractivity contribution in [2.45, 2.75) is 43.6 Å². The highest BCUT2D eigenvalue weighted by atomic mass is 35.5. The second-order valence-corrected chi connectivity index (χ2v) is 6.51. The summed E-state index contributed by atoms with van der Waals surface area (Å²) in [5, 5.41) is 0.0711. The van der Waals surface area contributed by atoms with Crippen molar-refractivity contribution in [3.8, 4) is 0 Å². The lowest BCUT2D eigenvalue weighted by Crippen LogP contribution is -2.35. The van der Waals surface area contributed by atoms with Gasteiger partial charge < -0.3 is 0 Å². The third-order valence-corrected chi connectivity index (χ3v) is 5.12. The van der Waals surface area contributed by atoms with Crippen molar-refractivity contribution in [3.05, 3.63) is 23.9 Å². The molecule has 1 unspecified atom stereocenters. The summed E-state index contributed by atoms with van der Waals surface area (Å²) >= 11 is 5.65. The minimum atomic E-state index is -3.51. The molecule has 0 bridgehead atoms. The van der Waals surface area contributed by atoms with Crippen molar-refractivity contribution in [1.29, 1.82) is 0 Å². The first-order chi connectivity index (χ1) is 8.43. The summed E-state index contributed by atoms with van der Waals surface area (Å²) in [6.07, 6.45) is 3.27.